The summed E-state index contributed by atoms with van der Waals surface area (Å²) in [5, 5.41) is 3.53. The first-order valence-corrected chi connectivity index (χ1v) is 4.15. The average Bonchev–Trinajstić information content (AvgIpc) is 2.78. The Balaban J connectivity index is 2.65. The fourth-order valence-corrected chi connectivity index (χ4v) is 1.75. The van der Waals surface area contributed by atoms with Crippen molar-refractivity contribution in [2.45, 2.75) is 0 Å². The number of benzene rings is 2. The summed E-state index contributed by atoms with van der Waals surface area (Å²) in [6, 6.07) is 9.69. The Labute approximate surface area is 74.3 Å². The maximum absolute atomic E-state index is 11.2. The lowest BCUT2D eigenvalue weighted by Gasteiger charge is -1.97. The zero-order chi connectivity index (χ0) is 9.00. The number of anilines is 1. The lowest BCUT2D eigenvalue weighted by Crippen LogP contribution is -1.85. The van der Waals surface area contributed by atoms with Crippen molar-refractivity contribution < 1.29 is 0 Å². The van der Waals surface area contributed by atoms with Gasteiger partial charge in [-0.2, -0.15) is 0 Å². The van der Waals surface area contributed by atoms with Crippen LogP contribution in [0.3, 0.4) is 0 Å². The summed E-state index contributed by atoms with van der Waals surface area (Å²) >= 11 is 0. The zero-order valence-electron chi connectivity index (χ0n) is 6.87. The van der Waals surface area contributed by atoms with Crippen LogP contribution < -0.4 is 11.2 Å². The van der Waals surface area contributed by atoms with Crippen molar-refractivity contribution in [2.75, 3.05) is 5.73 Å². The molecule has 0 fully saturated rings. The standard InChI is InChI=1S/C11H7NO/c12-10-7-4-2-1-3-6(7)5-8-9(10)11(8)13/h1-5H,12H2. The fraction of sp³-hybridized carbons (Fsp3) is 0. The van der Waals surface area contributed by atoms with Gasteiger partial charge in [-0.05, 0) is 11.5 Å². The van der Waals surface area contributed by atoms with Crippen LogP contribution in [0, 0.1) is 0 Å². The third-order valence-corrected chi connectivity index (χ3v) is 2.50. The van der Waals surface area contributed by atoms with E-state index in [4.69, 9.17) is 5.73 Å². The molecule has 2 nitrogen and oxygen atoms in total. The topological polar surface area (TPSA) is 43.1 Å². The van der Waals surface area contributed by atoms with E-state index in [9.17, 15) is 4.79 Å². The Hall–Kier alpha value is -1.83. The maximum Gasteiger partial charge on any atom is 0.196 e. The van der Waals surface area contributed by atoms with Gasteiger partial charge in [0.15, 0.2) is 5.43 Å². The molecule has 0 heterocycles. The molecule has 0 aliphatic carbocycles. The van der Waals surface area contributed by atoms with E-state index in [1.54, 1.807) is 0 Å². The lowest BCUT2D eigenvalue weighted by atomic mass is 10.1. The second-order valence-corrected chi connectivity index (χ2v) is 3.26. The predicted octanol–water partition coefficient (Wildman–Crippen LogP) is 1.81. The highest BCUT2D eigenvalue weighted by Crippen LogP contribution is 2.31. The molecule has 3 rings (SSSR count). The Morgan fingerprint density at radius 2 is 1.85 bits per heavy atom. The van der Waals surface area contributed by atoms with E-state index < -0.39 is 0 Å². The molecule has 0 atom stereocenters. The zero-order valence-corrected chi connectivity index (χ0v) is 6.87. The summed E-state index contributed by atoms with van der Waals surface area (Å²) in [6.07, 6.45) is 0. The molecule has 3 aromatic carbocycles. The van der Waals surface area contributed by atoms with E-state index >= 15 is 0 Å². The van der Waals surface area contributed by atoms with Crippen molar-refractivity contribution in [3.63, 3.8) is 0 Å². The van der Waals surface area contributed by atoms with Gasteiger partial charge in [0, 0.05) is 10.8 Å². The largest absolute Gasteiger partial charge is 0.398 e. The van der Waals surface area contributed by atoms with Crippen LogP contribution in [0.4, 0.5) is 5.69 Å². The molecule has 13 heavy (non-hydrogen) atoms. The Morgan fingerprint density at radius 3 is 2.69 bits per heavy atom. The highest BCUT2D eigenvalue weighted by molar-refractivity contribution is 6.17. The molecule has 0 aromatic heterocycles. The summed E-state index contributed by atoms with van der Waals surface area (Å²) in [4.78, 5) is 11.2. The summed E-state index contributed by atoms with van der Waals surface area (Å²) in [6.45, 7) is 0. The van der Waals surface area contributed by atoms with Gasteiger partial charge in [0.05, 0.1) is 11.1 Å². The molecule has 2 N–H and O–H groups in total. The summed E-state index contributed by atoms with van der Waals surface area (Å²) in [7, 11) is 0. The van der Waals surface area contributed by atoms with Crippen molar-refractivity contribution in [3.05, 3.63) is 40.6 Å². The quantitative estimate of drug-likeness (QED) is 0.521. The Bertz CT molecular complexity index is 630. The van der Waals surface area contributed by atoms with E-state index in [-0.39, 0.29) is 5.43 Å². The van der Waals surface area contributed by atoms with Crippen molar-refractivity contribution >= 4 is 27.2 Å². The first-order valence-electron chi connectivity index (χ1n) is 4.15. The van der Waals surface area contributed by atoms with Gasteiger partial charge in [0.2, 0.25) is 0 Å². The van der Waals surface area contributed by atoms with Crippen molar-refractivity contribution in [1.82, 2.24) is 0 Å². The SMILES string of the molecule is Nc1c2ccccc2cc2c(=O)c12. The van der Waals surface area contributed by atoms with Crippen LogP contribution in [0.25, 0.3) is 21.5 Å². The summed E-state index contributed by atoms with van der Waals surface area (Å²) in [5.74, 6) is 0. The maximum atomic E-state index is 11.2. The van der Waals surface area contributed by atoms with Gasteiger partial charge in [0.25, 0.3) is 0 Å². The van der Waals surface area contributed by atoms with Crippen LogP contribution >= 0.6 is 0 Å². The van der Waals surface area contributed by atoms with Crippen LogP contribution in [0.1, 0.15) is 0 Å². The molecule has 62 valence electrons. The summed E-state index contributed by atoms with van der Waals surface area (Å²) in [5.41, 5.74) is 6.58. The van der Waals surface area contributed by atoms with Gasteiger partial charge in [-0.15, -0.1) is 0 Å². The molecule has 0 aliphatic heterocycles. The first-order chi connectivity index (χ1) is 6.29. The van der Waals surface area contributed by atoms with Gasteiger partial charge in [-0.1, -0.05) is 24.3 Å². The molecule has 0 radical (unpaired) electrons. The highest BCUT2D eigenvalue weighted by atomic mass is 16.1. The number of hydrogen-bond donors (Lipinski definition) is 1. The number of nitrogen functional groups attached to an aromatic ring is 1. The molecule has 0 bridgehead atoms. The molecule has 0 saturated carbocycles. The molecule has 0 spiro atoms. The van der Waals surface area contributed by atoms with Gasteiger partial charge in [0.1, 0.15) is 0 Å². The predicted molar refractivity (Wildman–Crippen MR) is 54.5 cm³/mol. The van der Waals surface area contributed by atoms with E-state index in [2.05, 4.69) is 0 Å². The second kappa shape index (κ2) is 1.91. The number of nitrogens with two attached hydrogens (primary N) is 1. The summed E-state index contributed by atoms with van der Waals surface area (Å²) < 4.78 is 0. The average molecular weight is 169 g/mol. The monoisotopic (exact) mass is 169 g/mol. The Morgan fingerprint density at radius 1 is 1.08 bits per heavy atom. The molecular formula is C11H7NO. The molecule has 3 aromatic rings. The van der Waals surface area contributed by atoms with Crippen LogP contribution in [0.5, 0.6) is 0 Å². The van der Waals surface area contributed by atoms with Crippen LogP contribution in [0.2, 0.25) is 0 Å². The Kier molecular flexibility index (Phi) is 0.978. The van der Waals surface area contributed by atoms with E-state index in [1.807, 2.05) is 30.3 Å². The van der Waals surface area contributed by atoms with Crippen LogP contribution in [-0.2, 0) is 0 Å². The van der Waals surface area contributed by atoms with E-state index in [1.165, 1.54) is 0 Å². The second-order valence-electron chi connectivity index (χ2n) is 3.26. The van der Waals surface area contributed by atoms with Gasteiger partial charge in [-0.3, -0.25) is 4.79 Å². The van der Waals surface area contributed by atoms with Gasteiger partial charge >= 0.3 is 0 Å². The molecule has 2 heteroatoms. The molecule has 0 amide bonds. The third kappa shape index (κ3) is 0.699. The number of hydrogen-bond acceptors (Lipinski definition) is 2. The first kappa shape index (κ1) is 6.66. The van der Waals surface area contributed by atoms with Crippen LogP contribution in [-0.4, -0.2) is 0 Å². The normalized spacial score (nSPS) is 11.7. The van der Waals surface area contributed by atoms with Gasteiger partial charge < -0.3 is 5.73 Å². The van der Waals surface area contributed by atoms with E-state index in [0.717, 1.165) is 21.5 Å². The fourth-order valence-electron chi connectivity index (χ4n) is 1.75. The van der Waals surface area contributed by atoms with Crippen LogP contribution in [0.15, 0.2) is 35.1 Å². The number of rotatable bonds is 0. The minimum absolute atomic E-state index is 0.105. The van der Waals surface area contributed by atoms with Crippen molar-refractivity contribution in [1.29, 1.82) is 0 Å². The minimum Gasteiger partial charge on any atom is -0.398 e. The molecule has 0 unspecified atom stereocenters. The smallest absolute Gasteiger partial charge is 0.196 e. The van der Waals surface area contributed by atoms with Gasteiger partial charge in [-0.25, -0.2) is 0 Å². The number of fused-ring (bicyclic) bond motifs is 2. The van der Waals surface area contributed by atoms with Crippen molar-refractivity contribution in [2.24, 2.45) is 0 Å². The highest BCUT2D eigenvalue weighted by Gasteiger charge is 2.17. The molecular weight excluding hydrogens is 162 g/mol. The molecule has 0 aliphatic rings. The third-order valence-electron chi connectivity index (χ3n) is 2.50. The van der Waals surface area contributed by atoms with Crippen molar-refractivity contribution in [3.8, 4) is 0 Å². The van der Waals surface area contributed by atoms with E-state index in [0.29, 0.717) is 5.69 Å². The lowest BCUT2D eigenvalue weighted by molar-refractivity contribution is 1.81. The molecule has 0 saturated heterocycles. The minimum atomic E-state index is 0.105.